The summed E-state index contributed by atoms with van der Waals surface area (Å²) in [4.78, 5) is 30.3. The normalized spacial score (nSPS) is 35.3. The number of pyridine rings is 1. The highest BCUT2D eigenvalue weighted by molar-refractivity contribution is 6.30. The molecular weight excluding hydrogens is 264 g/mol. The Labute approximate surface area is 115 Å². The molecule has 3 aliphatic rings. The molecule has 2 heterocycles. The Morgan fingerprint density at radius 3 is 2.26 bits per heavy atom. The number of halogens is 1. The largest absolute Gasteiger partial charge is 0.274 e. The fraction of sp³-hybridized carbons (Fsp3) is 0.357. The highest BCUT2D eigenvalue weighted by Crippen LogP contribution is 2.52. The van der Waals surface area contributed by atoms with Crippen LogP contribution in [0.15, 0.2) is 30.5 Å². The van der Waals surface area contributed by atoms with Crippen LogP contribution in [0.2, 0.25) is 5.02 Å². The van der Waals surface area contributed by atoms with E-state index >= 15 is 0 Å². The molecule has 0 aromatic carbocycles. The molecule has 2 aliphatic carbocycles. The summed E-state index contributed by atoms with van der Waals surface area (Å²) in [7, 11) is 0. The second-order valence-electron chi connectivity index (χ2n) is 5.35. The molecule has 1 aliphatic heterocycles. The minimum Gasteiger partial charge on any atom is -0.274 e. The molecule has 0 N–H and O–H groups in total. The zero-order valence-corrected chi connectivity index (χ0v) is 10.7. The molecule has 1 aromatic heterocycles. The number of carbonyl (C=O) groups excluding carboxylic acids is 2. The highest BCUT2D eigenvalue weighted by Gasteiger charge is 2.59. The smallest absolute Gasteiger partial charge is 0.239 e. The van der Waals surface area contributed by atoms with Gasteiger partial charge in [-0.25, -0.2) is 9.88 Å². The lowest BCUT2D eigenvalue weighted by Crippen LogP contribution is -2.33. The summed E-state index contributed by atoms with van der Waals surface area (Å²) in [5.74, 6) is 0.254. The van der Waals surface area contributed by atoms with Crippen molar-refractivity contribution >= 4 is 29.2 Å². The minimum absolute atomic E-state index is 0.110. The number of rotatable bonds is 1. The molecule has 5 heteroatoms. The first-order valence-electron chi connectivity index (χ1n) is 6.34. The van der Waals surface area contributed by atoms with Gasteiger partial charge in [0.25, 0.3) is 0 Å². The van der Waals surface area contributed by atoms with Gasteiger partial charge in [-0.3, -0.25) is 9.59 Å². The lowest BCUT2D eigenvalue weighted by Gasteiger charge is -2.15. The van der Waals surface area contributed by atoms with Gasteiger partial charge in [0, 0.05) is 6.20 Å². The van der Waals surface area contributed by atoms with E-state index in [1.807, 2.05) is 0 Å². The SMILES string of the molecule is O=C1[C@@H]2[C@H](C(=O)N1c1ccc(Cl)cn1)[C@@H]1C=C[C@H]2C1. The molecular formula is C14H11ClN2O2. The molecule has 0 unspecified atom stereocenters. The van der Waals surface area contributed by atoms with Gasteiger partial charge in [0.15, 0.2) is 0 Å². The van der Waals surface area contributed by atoms with Crippen LogP contribution in [0, 0.1) is 23.7 Å². The topological polar surface area (TPSA) is 50.3 Å². The fourth-order valence-electron chi connectivity index (χ4n) is 3.63. The van der Waals surface area contributed by atoms with Crippen molar-refractivity contribution in [2.24, 2.45) is 23.7 Å². The first kappa shape index (κ1) is 11.2. The Morgan fingerprint density at radius 1 is 1.11 bits per heavy atom. The second kappa shape index (κ2) is 3.67. The lowest BCUT2D eigenvalue weighted by molar-refractivity contribution is -0.123. The van der Waals surface area contributed by atoms with E-state index in [1.54, 1.807) is 12.1 Å². The Morgan fingerprint density at radius 2 is 1.74 bits per heavy atom. The maximum Gasteiger partial charge on any atom is 0.239 e. The third-order valence-corrected chi connectivity index (χ3v) is 4.63. The number of amides is 2. The Hall–Kier alpha value is -1.68. The zero-order chi connectivity index (χ0) is 13.1. The van der Waals surface area contributed by atoms with E-state index in [1.165, 1.54) is 11.1 Å². The summed E-state index contributed by atoms with van der Waals surface area (Å²) in [5, 5.41) is 0.491. The van der Waals surface area contributed by atoms with Crippen molar-refractivity contribution < 1.29 is 9.59 Å². The van der Waals surface area contributed by atoms with Crippen molar-refractivity contribution in [3.63, 3.8) is 0 Å². The van der Waals surface area contributed by atoms with Crippen molar-refractivity contribution in [2.75, 3.05) is 4.90 Å². The Balaban J connectivity index is 1.74. The molecule has 2 fully saturated rings. The predicted molar refractivity (Wildman–Crippen MR) is 69.5 cm³/mol. The molecule has 4 nitrogen and oxygen atoms in total. The summed E-state index contributed by atoms with van der Waals surface area (Å²) in [6.45, 7) is 0. The van der Waals surface area contributed by atoms with Crippen LogP contribution in [-0.4, -0.2) is 16.8 Å². The van der Waals surface area contributed by atoms with Crippen molar-refractivity contribution in [3.05, 3.63) is 35.5 Å². The van der Waals surface area contributed by atoms with Crippen molar-refractivity contribution in [1.82, 2.24) is 4.98 Å². The van der Waals surface area contributed by atoms with Crippen LogP contribution >= 0.6 is 11.6 Å². The number of hydrogen-bond donors (Lipinski definition) is 0. The van der Waals surface area contributed by atoms with Gasteiger partial charge in [0.05, 0.1) is 16.9 Å². The van der Waals surface area contributed by atoms with Crippen molar-refractivity contribution in [3.8, 4) is 0 Å². The summed E-state index contributed by atoms with van der Waals surface area (Å²) >= 11 is 5.78. The van der Waals surface area contributed by atoms with E-state index in [2.05, 4.69) is 17.1 Å². The predicted octanol–water partition coefficient (Wildman–Crippen LogP) is 2.05. The summed E-state index contributed by atoms with van der Waals surface area (Å²) in [6.07, 6.45) is 6.55. The summed E-state index contributed by atoms with van der Waals surface area (Å²) < 4.78 is 0. The minimum atomic E-state index is -0.181. The molecule has 19 heavy (non-hydrogen) atoms. The Kier molecular flexibility index (Phi) is 2.16. The van der Waals surface area contributed by atoms with E-state index < -0.39 is 0 Å². The average molecular weight is 275 g/mol. The number of imide groups is 1. The van der Waals surface area contributed by atoms with Gasteiger partial charge >= 0.3 is 0 Å². The van der Waals surface area contributed by atoms with Crippen LogP contribution in [0.5, 0.6) is 0 Å². The van der Waals surface area contributed by atoms with Crippen molar-refractivity contribution in [1.29, 1.82) is 0 Å². The molecule has 4 atom stereocenters. The van der Waals surface area contributed by atoms with Crippen LogP contribution in [-0.2, 0) is 9.59 Å². The lowest BCUT2D eigenvalue weighted by atomic mass is 9.85. The van der Waals surface area contributed by atoms with Gasteiger partial charge in [-0.15, -0.1) is 0 Å². The third-order valence-electron chi connectivity index (χ3n) is 4.41. The molecule has 0 spiro atoms. The van der Waals surface area contributed by atoms with Crippen molar-refractivity contribution in [2.45, 2.75) is 6.42 Å². The van der Waals surface area contributed by atoms with E-state index in [0.717, 1.165) is 6.42 Å². The Bertz CT molecular complexity index is 580. The van der Waals surface area contributed by atoms with E-state index in [9.17, 15) is 9.59 Å². The number of nitrogens with zero attached hydrogens (tertiary/aromatic N) is 2. The van der Waals surface area contributed by atoms with E-state index in [4.69, 9.17) is 11.6 Å². The first-order valence-corrected chi connectivity index (χ1v) is 6.72. The molecule has 1 aromatic rings. The number of anilines is 1. The van der Waals surface area contributed by atoms with Crippen LogP contribution in [0.25, 0.3) is 0 Å². The average Bonchev–Trinajstić information content (AvgIpc) is 3.06. The first-order chi connectivity index (χ1) is 9.16. The standard InChI is InChI=1S/C14H11ClN2O2/c15-9-3-4-10(16-6-9)17-13(18)11-7-1-2-8(5-7)12(11)14(17)19/h1-4,6-8,11-12H,5H2/t7-,8+,11-,12+. The molecule has 96 valence electrons. The van der Waals surface area contributed by atoms with Crippen LogP contribution in [0.4, 0.5) is 5.82 Å². The second-order valence-corrected chi connectivity index (χ2v) is 5.78. The number of allylic oxidation sites excluding steroid dienone is 2. The third kappa shape index (κ3) is 1.38. The van der Waals surface area contributed by atoms with Crippen LogP contribution < -0.4 is 4.90 Å². The molecule has 4 rings (SSSR count). The van der Waals surface area contributed by atoms with Gasteiger partial charge < -0.3 is 0 Å². The summed E-state index contributed by atoms with van der Waals surface area (Å²) in [6, 6.07) is 3.26. The fourth-order valence-corrected chi connectivity index (χ4v) is 3.74. The van der Waals surface area contributed by atoms with Crippen LogP contribution in [0.3, 0.4) is 0 Å². The number of aromatic nitrogens is 1. The van der Waals surface area contributed by atoms with Gasteiger partial charge in [-0.2, -0.15) is 0 Å². The number of hydrogen-bond acceptors (Lipinski definition) is 3. The van der Waals surface area contributed by atoms with Gasteiger partial charge in [-0.1, -0.05) is 23.8 Å². The quantitative estimate of drug-likeness (QED) is 0.582. The van der Waals surface area contributed by atoms with E-state index in [-0.39, 0.29) is 35.5 Å². The van der Waals surface area contributed by atoms with Crippen LogP contribution in [0.1, 0.15) is 6.42 Å². The van der Waals surface area contributed by atoms with Gasteiger partial charge in [0.1, 0.15) is 5.82 Å². The molecule has 2 bridgehead atoms. The van der Waals surface area contributed by atoms with E-state index in [0.29, 0.717) is 10.8 Å². The highest BCUT2D eigenvalue weighted by atomic mass is 35.5. The molecule has 0 radical (unpaired) electrons. The molecule has 1 saturated heterocycles. The molecule has 2 amide bonds. The maximum absolute atomic E-state index is 12.5. The number of fused-ring (bicyclic) bond motifs is 5. The summed E-state index contributed by atoms with van der Waals surface area (Å²) in [5.41, 5.74) is 0. The number of carbonyl (C=O) groups is 2. The maximum atomic E-state index is 12.5. The zero-order valence-electron chi connectivity index (χ0n) is 9.99. The molecule has 1 saturated carbocycles. The monoisotopic (exact) mass is 274 g/mol. The van der Waals surface area contributed by atoms with Gasteiger partial charge in [-0.05, 0) is 30.4 Å². The van der Waals surface area contributed by atoms with Gasteiger partial charge in [0.2, 0.25) is 11.8 Å².